The first-order chi connectivity index (χ1) is 4.70. The van der Waals surface area contributed by atoms with Crippen LogP contribution in [-0.4, -0.2) is 25.0 Å². The maximum atomic E-state index is 2.37. The van der Waals surface area contributed by atoms with Crippen molar-refractivity contribution in [2.24, 2.45) is 0 Å². The van der Waals surface area contributed by atoms with E-state index >= 15 is 0 Å². The number of hydrogen-bond donors (Lipinski definition) is 0. The minimum atomic E-state index is 0.795. The van der Waals surface area contributed by atoms with Gasteiger partial charge in [-0.3, -0.25) is 0 Å². The maximum Gasteiger partial charge on any atom is 0.0127 e. The van der Waals surface area contributed by atoms with Gasteiger partial charge in [0, 0.05) is 6.04 Å². The molecule has 0 saturated carbocycles. The van der Waals surface area contributed by atoms with E-state index in [0.29, 0.717) is 0 Å². The first-order valence-corrected chi connectivity index (χ1v) is 4.02. The zero-order chi connectivity index (χ0) is 7.56. The van der Waals surface area contributed by atoms with Crippen LogP contribution in [0.3, 0.4) is 0 Å². The molecule has 0 amide bonds. The average Bonchev–Trinajstić information content (AvgIpc) is 1.88. The summed E-state index contributed by atoms with van der Waals surface area (Å²) < 4.78 is 0. The summed E-state index contributed by atoms with van der Waals surface area (Å²) in [6.45, 7) is 2.23. The molecule has 0 aromatic heterocycles. The van der Waals surface area contributed by atoms with Gasteiger partial charge in [0.1, 0.15) is 0 Å². The Balaban J connectivity index is 2.42. The molecule has 1 rings (SSSR count). The molecule has 0 aromatic carbocycles. The third kappa shape index (κ3) is 1.84. The highest BCUT2D eigenvalue weighted by Gasteiger charge is 2.13. The summed E-state index contributed by atoms with van der Waals surface area (Å²) in [6, 6.07) is 0.795. The molecule has 0 heterocycles. The fraction of sp³-hybridized carbons (Fsp3) is 0.778. The summed E-state index contributed by atoms with van der Waals surface area (Å²) in [5, 5.41) is 0. The van der Waals surface area contributed by atoms with E-state index in [1.54, 1.807) is 5.57 Å². The van der Waals surface area contributed by atoms with Crippen molar-refractivity contribution in [3.8, 4) is 0 Å². The van der Waals surface area contributed by atoms with Crippen molar-refractivity contribution < 1.29 is 0 Å². The lowest BCUT2D eigenvalue weighted by Crippen LogP contribution is -2.28. The van der Waals surface area contributed by atoms with E-state index in [1.807, 2.05) is 0 Å². The normalized spacial score (nSPS) is 26.8. The number of allylic oxidation sites excluding steroid dienone is 1. The highest BCUT2D eigenvalue weighted by atomic mass is 15.1. The zero-order valence-corrected chi connectivity index (χ0v) is 7.22. The molecule has 0 spiro atoms. The number of rotatable bonds is 1. The summed E-state index contributed by atoms with van der Waals surface area (Å²) in [5.41, 5.74) is 1.57. The van der Waals surface area contributed by atoms with Crippen molar-refractivity contribution in [1.29, 1.82) is 0 Å². The average molecular weight is 139 g/mol. The molecule has 0 bridgehead atoms. The van der Waals surface area contributed by atoms with E-state index in [-0.39, 0.29) is 0 Å². The molecule has 10 heavy (non-hydrogen) atoms. The predicted molar refractivity (Wildman–Crippen MR) is 45.1 cm³/mol. The van der Waals surface area contributed by atoms with Gasteiger partial charge in [0.05, 0.1) is 0 Å². The Morgan fingerprint density at radius 2 is 2.20 bits per heavy atom. The summed E-state index contributed by atoms with van der Waals surface area (Å²) in [4.78, 5) is 2.32. The van der Waals surface area contributed by atoms with Crippen LogP contribution >= 0.6 is 0 Å². The Bertz CT molecular complexity index is 136. The van der Waals surface area contributed by atoms with Crippen LogP contribution in [0.2, 0.25) is 0 Å². The van der Waals surface area contributed by atoms with Crippen LogP contribution in [0.1, 0.15) is 26.2 Å². The molecule has 1 aliphatic carbocycles. The third-order valence-corrected chi connectivity index (χ3v) is 2.34. The van der Waals surface area contributed by atoms with Crippen LogP contribution in [0.25, 0.3) is 0 Å². The van der Waals surface area contributed by atoms with Gasteiger partial charge in [0.25, 0.3) is 0 Å². The van der Waals surface area contributed by atoms with Crippen molar-refractivity contribution in [2.45, 2.75) is 32.2 Å². The van der Waals surface area contributed by atoms with Crippen molar-refractivity contribution >= 4 is 0 Å². The molecule has 0 radical (unpaired) electrons. The standard InChI is InChI=1S/C9H17N/c1-8-4-6-9(7-5-8)10(2)3/h4,9H,5-7H2,1-3H3. The van der Waals surface area contributed by atoms with E-state index in [0.717, 1.165) is 6.04 Å². The SMILES string of the molecule is CC1=CCC(N(C)C)CC1. The molecule has 0 aromatic rings. The van der Waals surface area contributed by atoms with Gasteiger partial charge >= 0.3 is 0 Å². The molecule has 0 N–H and O–H groups in total. The lowest BCUT2D eigenvalue weighted by molar-refractivity contribution is 0.273. The Morgan fingerprint density at radius 1 is 1.50 bits per heavy atom. The van der Waals surface area contributed by atoms with Crippen molar-refractivity contribution in [3.63, 3.8) is 0 Å². The molecular formula is C9H17N. The fourth-order valence-electron chi connectivity index (χ4n) is 1.42. The molecular weight excluding hydrogens is 122 g/mol. The molecule has 1 nitrogen and oxygen atoms in total. The molecule has 1 heteroatoms. The van der Waals surface area contributed by atoms with Crippen molar-refractivity contribution in [1.82, 2.24) is 4.90 Å². The van der Waals surface area contributed by atoms with E-state index < -0.39 is 0 Å². The van der Waals surface area contributed by atoms with Crippen LogP contribution in [0.5, 0.6) is 0 Å². The molecule has 1 unspecified atom stereocenters. The summed E-state index contributed by atoms with van der Waals surface area (Å²) in [5.74, 6) is 0. The minimum absolute atomic E-state index is 0.795. The van der Waals surface area contributed by atoms with Crippen LogP contribution in [0.4, 0.5) is 0 Å². The van der Waals surface area contributed by atoms with E-state index in [2.05, 4.69) is 32.0 Å². The largest absolute Gasteiger partial charge is 0.306 e. The summed E-state index contributed by atoms with van der Waals surface area (Å²) in [6.07, 6.45) is 6.26. The zero-order valence-electron chi connectivity index (χ0n) is 7.22. The first kappa shape index (κ1) is 7.80. The van der Waals surface area contributed by atoms with Crippen molar-refractivity contribution in [2.75, 3.05) is 14.1 Å². The molecule has 58 valence electrons. The molecule has 1 atom stereocenters. The second-order valence-corrected chi connectivity index (χ2v) is 3.44. The maximum absolute atomic E-state index is 2.37. The third-order valence-electron chi connectivity index (χ3n) is 2.34. The Kier molecular flexibility index (Phi) is 2.50. The Labute approximate surface area is 63.7 Å². The quantitative estimate of drug-likeness (QED) is 0.502. The smallest absolute Gasteiger partial charge is 0.0127 e. The van der Waals surface area contributed by atoms with Gasteiger partial charge in [-0.1, -0.05) is 11.6 Å². The second-order valence-electron chi connectivity index (χ2n) is 3.44. The summed E-state index contributed by atoms with van der Waals surface area (Å²) >= 11 is 0. The van der Waals surface area contributed by atoms with Crippen LogP contribution < -0.4 is 0 Å². The monoisotopic (exact) mass is 139 g/mol. The van der Waals surface area contributed by atoms with Crippen LogP contribution in [0, 0.1) is 0 Å². The lowest BCUT2D eigenvalue weighted by Gasteiger charge is -2.26. The molecule has 0 saturated heterocycles. The minimum Gasteiger partial charge on any atom is -0.306 e. The van der Waals surface area contributed by atoms with Gasteiger partial charge in [0.15, 0.2) is 0 Å². The van der Waals surface area contributed by atoms with Gasteiger partial charge in [0.2, 0.25) is 0 Å². The molecule has 1 aliphatic rings. The van der Waals surface area contributed by atoms with Gasteiger partial charge in [-0.15, -0.1) is 0 Å². The fourth-order valence-corrected chi connectivity index (χ4v) is 1.42. The molecule has 0 fully saturated rings. The van der Waals surface area contributed by atoms with E-state index in [1.165, 1.54) is 19.3 Å². The second kappa shape index (κ2) is 3.20. The van der Waals surface area contributed by atoms with Crippen LogP contribution in [-0.2, 0) is 0 Å². The first-order valence-electron chi connectivity index (χ1n) is 4.02. The summed E-state index contributed by atoms with van der Waals surface area (Å²) in [7, 11) is 4.33. The predicted octanol–water partition coefficient (Wildman–Crippen LogP) is 2.05. The van der Waals surface area contributed by atoms with Crippen molar-refractivity contribution in [3.05, 3.63) is 11.6 Å². The van der Waals surface area contributed by atoms with Gasteiger partial charge < -0.3 is 4.90 Å². The number of hydrogen-bond acceptors (Lipinski definition) is 1. The van der Waals surface area contributed by atoms with Gasteiger partial charge in [-0.2, -0.15) is 0 Å². The van der Waals surface area contributed by atoms with E-state index in [4.69, 9.17) is 0 Å². The topological polar surface area (TPSA) is 3.24 Å². The van der Waals surface area contributed by atoms with Gasteiger partial charge in [-0.05, 0) is 40.3 Å². The van der Waals surface area contributed by atoms with Gasteiger partial charge in [-0.25, -0.2) is 0 Å². The van der Waals surface area contributed by atoms with E-state index in [9.17, 15) is 0 Å². The Morgan fingerprint density at radius 3 is 2.60 bits per heavy atom. The Hall–Kier alpha value is -0.300. The molecule has 0 aliphatic heterocycles. The lowest BCUT2D eigenvalue weighted by atomic mass is 9.96. The van der Waals surface area contributed by atoms with Crippen LogP contribution in [0.15, 0.2) is 11.6 Å². The highest BCUT2D eigenvalue weighted by molar-refractivity contribution is 5.04. The highest BCUT2D eigenvalue weighted by Crippen LogP contribution is 2.19. The number of nitrogens with zero attached hydrogens (tertiary/aromatic N) is 1.